The van der Waals surface area contributed by atoms with Crippen LogP contribution in [0.5, 0.6) is 11.5 Å². The molecule has 152 valence electrons. The summed E-state index contributed by atoms with van der Waals surface area (Å²) in [6.45, 7) is 3.02. The molecule has 1 amide bonds. The van der Waals surface area contributed by atoms with Crippen LogP contribution in [0.15, 0.2) is 18.2 Å². The van der Waals surface area contributed by atoms with E-state index in [9.17, 15) is 13.2 Å². The summed E-state index contributed by atoms with van der Waals surface area (Å²) in [5.74, 6) is 1.57. The Morgan fingerprint density at radius 2 is 1.85 bits per heavy atom. The Bertz CT molecular complexity index is 728. The zero-order valence-corrected chi connectivity index (χ0v) is 17.2. The highest BCUT2D eigenvalue weighted by Gasteiger charge is 2.25. The summed E-state index contributed by atoms with van der Waals surface area (Å²) in [6.07, 6.45) is 2.96. The van der Waals surface area contributed by atoms with Crippen LogP contribution in [0, 0.1) is 0 Å². The topological polar surface area (TPSA) is 84.9 Å². The van der Waals surface area contributed by atoms with E-state index in [0.29, 0.717) is 56.7 Å². The third-order valence-corrected chi connectivity index (χ3v) is 6.38. The molecule has 7 nitrogen and oxygen atoms in total. The summed E-state index contributed by atoms with van der Waals surface area (Å²) in [5.41, 5.74) is 1.02. The van der Waals surface area contributed by atoms with Crippen molar-refractivity contribution in [3.8, 4) is 11.5 Å². The van der Waals surface area contributed by atoms with Crippen molar-refractivity contribution in [2.24, 2.45) is 0 Å². The summed E-state index contributed by atoms with van der Waals surface area (Å²) in [6, 6.07) is 5.59. The lowest BCUT2D eigenvalue weighted by molar-refractivity contribution is -0.132. The van der Waals surface area contributed by atoms with Crippen LogP contribution in [0.3, 0.4) is 0 Å². The first-order valence-corrected chi connectivity index (χ1v) is 11.0. The molecule has 1 fully saturated rings. The number of likely N-dealkylation sites (tertiary alicyclic amines) is 1. The number of amides is 1. The molecule has 0 spiro atoms. The van der Waals surface area contributed by atoms with Gasteiger partial charge in [-0.3, -0.25) is 4.79 Å². The first-order valence-electron chi connectivity index (χ1n) is 9.37. The van der Waals surface area contributed by atoms with Gasteiger partial charge in [0.2, 0.25) is 15.9 Å². The Labute approximate surface area is 162 Å². The van der Waals surface area contributed by atoms with Crippen LogP contribution in [0.4, 0.5) is 0 Å². The molecule has 0 bridgehead atoms. The first kappa shape index (κ1) is 21.5. The van der Waals surface area contributed by atoms with E-state index in [2.05, 4.69) is 4.72 Å². The van der Waals surface area contributed by atoms with Crippen molar-refractivity contribution in [3.63, 3.8) is 0 Å². The lowest BCUT2D eigenvalue weighted by Gasteiger charge is -2.32. The number of nitrogens with one attached hydrogen (secondary N) is 1. The number of nitrogens with zero attached hydrogens (tertiary/aromatic N) is 1. The standard InChI is InChI=1S/C19H30N2O5S/c1-4-13-27(23,24)20-16-9-11-21(12-10-16)19(22)8-6-15-5-7-17(25-2)18(14-15)26-3/h5,7,14,16,20H,4,6,8-13H2,1-3H3. The second kappa shape index (κ2) is 9.94. The Hall–Kier alpha value is -1.80. The molecule has 0 radical (unpaired) electrons. The predicted octanol–water partition coefficient (Wildman–Crippen LogP) is 1.96. The monoisotopic (exact) mass is 398 g/mol. The number of hydrogen-bond acceptors (Lipinski definition) is 5. The molecule has 1 aliphatic rings. The van der Waals surface area contributed by atoms with E-state index in [1.54, 1.807) is 14.2 Å². The van der Waals surface area contributed by atoms with Crippen LogP contribution < -0.4 is 14.2 Å². The first-order chi connectivity index (χ1) is 12.9. The number of sulfonamides is 1. The lowest BCUT2D eigenvalue weighted by atomic mass is 10.0. The lowest BCUT2D eigenvalue weighted by Crippen LogP contribution is -2.47. The zero-order valence-electron chi connectivity index (χ0n) is 16.4. The third kappa shape index (κ3) is 6.39. The average molecular weight is 399 g/mol. The quantitative estimate of drug-likeness (QED) is 0.687. The summed E-state index contributed by atoms with van der Waals surface area (Å²) >= 11 is 0. The highest BCUT2D eigenvalue weighted by molar-refractivity contribution is 7.89. The highest BCUT2D eigenvalue weighted by atomic mass is 32.2. The molecule has 0 atom stereocenters. The zero-order chi connectivity index (χ0) is 19.9. The van der Waals surface area contributed by atoms with Gasteiger partial charge in [0.25, 0.3) is 0 Å². The molecule has 2 rings (SSSR count). The van der Waals surface area contributed by atoms with Gasteiger partial charge in [0, 0.05) is 25.6 Å². The SMILES string of the molecule is CCCS(=O)(=O)NC1CCN(C(=O)CCc2ccc(OC)c(OC)c2)CC1. The van der Waals surface area contributed by atoms with Gasteiger partial charge >= 0.3 is 0 Å². The molecule has 0 unspecified atom stereocenters. The van der Waals surface area contributed by atoms with Crippen LogP contribution in [0.2, 0.25) is 0 Å². The minimum Gasteiger partial charge on any atom is -0.493 e. The molecule has 0 saturated carbocycles. The summed E-state index contributed by atoms with van der Waals surface area (Å²) in [5, 5.41) is 0. The molecule has 1 aliphatic heterocycles. The van der Waals surface area contributed by atoms with Gasteiger partial charge in [-0.25, -0.2) is 13.1 Å². The van der Waals surface area contributed by atoms with Gasteiger partial charge in [-0.2, -0.15) is 0 Å². The largest absolute Gasteiger partial charge is 0.493 e. The van der Waals surface area contributed by atoms with E-state index in [1.807, 2.05) is 30.0 Å². The number of aryl methyl sites for hydroxylation is 1. The fourth-order valence-electron chi connectivity index (χ4n) is 3.27. The number of ether oxygens (including phenoxy) is 2. The number of methoxy groups -OCH3 is 2. The van der Waals surface area contributed by atoms with Crippen molar-refractivity contribution in [3.05, 3.63) is 23.8 Å². The van der Waals surface area contributed by atoms with Crippen LogP contribution in [-0.2, 0) is 21.2 Å². The van der Waals surface area contributed by atoms with Crippen LogP contribution in [-0.4, -0.2) is 58.3 Å². The normalized spacial score (nSPS) is 15.6. The number of benzene rings is 1. The molecular weight excluding hydrogens is 368 g/mol. The molecule has 8 heteroatoms. The van der Waals surface area contributed by atoms with Crippen LogP contribution >= 0.6 is 0 Å². The van der Waals surface area contributed by atoms with Crippen molar-refractivity contribution in [1.29, 1.82) is 0 Å². The summed E-state index contributed by atoms with van der Waals surface area (Å²) < 4.78 is 37.0. The minimum absolute atomic E-state index is 0.0727. The minimum atomic E-state index is -3.20. The van der Waals surface area contributed by atoms with E-state index >= 15 is 0 Å². The van der Waals surface area contributed by atoms with E-state index < -0.39 is 10.0 Å². The Morgan fingerprint density at radius 3 is 2.44 bits per heavy atom. The maximum absolute atomic E-state index is 12.5. The Balaban J connectivity index is 1.81. The Morgan fingerprint density at radius 1 is 1.19 bits per heavy atom. The van der Waals surface area contributed by atoms with Gasteiger partial charge in [0.05, 0.1) is 20.0 Å². The molecule has 0 aliphatic carbocycles. The summed E-state index contributed by atoms with van der Waals surface area (Å²) in [7, 11) is -0.0240. The number of carbonyl (C=O) groups is 1. The van der Waals surface area contributed by atoms with E-state index in [4.69, 9.17) is 9.47 Å². The smallest absolute Gasteiger partial charge is 0.222 e. The van der Waals surface area contributed by atoms with Gasteiger partial charge in [0.15, 0.2) is 11.5 Å². The van der Waals surface area contributed by atoms with E-state index in [-0.39, 0.29) is 17.7 Å². The second-order valence-corrected chi connectivity index (χ2v) is 8.65. The molecule has 27 heavy (non-hydrogen) atoms. The van der Waals surface area contributed by atoms with Crippen molar-refractivity contribution in [2.45, 2.75) is 45.1 Å². The maximum atomic E-state index is 12.5. The van der Waals surface area contributed by atoms with Crippen molar-refractivity contribution < 1.29 is 22.7 Å². The van der Waals surface area contributed by atoms with Gasteiger partial charge in [-0.15, -0.1) is 0 Å². The highest BCUT2D eigenvalue weighted by Crippen LogP contribution is 2.28. The van der Waals surface area contributed by atoms with E-state index in [0.717, 1.165) is 5.56 Å². The fourth-order valence-corrected chi connectivity index (χ4v) is 4.67. The summed E-state index contributed by atoms with van der Waals surface area (Å²) in [4.78, 5) is 14.3. The van der Waals surface area contributed by atoms with E-state index in [1.165, 1.54) is 0 Å². The van der Waals surface area contributed by atoms with Crippen LogP contribution in [0.25, 0.3) is 0 Å². The fraction of sp³-hybridized carbons (Fsp3) is 0.632. The molecular formula is C19H30N2O5S. The number of carbonyl (C=O) groups excluding carboxylic acids is 1. The molecule has 1 aromatic carbocycles. The van der Waals surface area contributed by atoms with Gasteiger partial charge in [0.1, 0.15) is 0 Å². The molecule has 1 heterocycles. The van der Waals surface area contributed by atoms with Gasteiger partial charge < -0.3 is 14.4 Å². The van der Waals surface area contributed by atoms with Crippen molar-refractivity contribution in [1.82, 2.24) is 9.62 Å². The van der Waals surface area contributed by atoms with Crippen molar-refractivity contribution >= 4 is 15.9 Å². The molecule has 0 aromatic heterocycles. The second-order valence-electron chi connectivity index (χ2n) is 6.78. The average Bonchev–Trinajstić information content (AvgIpc) is 2.66. The van der Waals surface area contributed by atoms with Crippen molar-refractivity contribution in [2.75, 3.05) is 33.1 Å². The number of piperidine rings is 1. The number of hydrogen-bond donors (Lipinski definition) is 1. The molecule has 1 N–H and O–H groups in total. The predicted molar refractivity (Wildman–Crippen MR) is 105 cm³/mol. The Kier molecular flexibility index (Phi) is 7.91. The third-order valence-electron chi connectivity index (χ3n) is 4.74. The van der Waals surface area contributed by atoms with Gasteiger partial charge in [-0.05, 0) is 43.4 Å². The maximum Gasteiger partial charge on any atom is 0.222 e. The van der Waals surface area contributed by atoms with Crippen LogP contribution in [0.1, 0.15) is 38.2 Å². The van der Waals surface area contributed by atoms with Gasteiger partial charge in [-0.1, -0.05) is 13.0 Å². The molecule has 1 saturated heterocycles. The number of rotatable bonds is 9. The molecule has 1 aromatic rings.